The average molecular weight is 252 g/mol. The number of carbonyl (C=O) groups excluding carboxylic acids is 1. The zero-order chi connectivity index (χ0) is 13.0. The van der Waals surface area contributed by atoms with Gasteiger partial charge in [-0.25, -0.2) is 4.39 Å². The van der Waals surface area contributed by atoms with Gasteiger partial charge in [0.1, 0.15) is 11.6 Å². The van der Waals surface area contributed by atoms with E-state index in [0.29, 0.717) is 24.9 Å². The highest BCUT2D eigenvalue weighted by Crippen LogP contribution is 2.12. The predicted octanol–water partition coefficient (Wildman–Crippen LogP) is 1.02. The van der Waals surface area contributed by atoms with Crippen molar-refractivity contribution in [2.75, 3.05) is 26.2 Å². The summed E-state index contributed by atoms with van der Waals surface area (Å²) in [5, 5.41) is 3.26. The number of rotatable bonds is 3. The molecule has 0 bridgehead atoms. The summed E-state index contributed by atoms with van der Waals surface area (Å²) >= 11 is 0. The van der Waals surface area contributed by atoms with Crippen LogP contribution in [0.5, 0.6) is 5.75 Å². The average Bonchev–Trinajstić information content (AvgIpc) is 2.36. The first-order chi connectivity index (χ1) is 8.65. The van der Waals surface area contributed by atoms with Gasteiger partial charge in [-0.1, -0.05) is 6.07 Å². The van der Waals surface area contributed by atoms with Gasteiger partial charge in [0.2, 0.25) is 0 Å². The number of amides is 1. The molecule has 5 heteroatoms. The van der Waals surface area contributed by atoms with E-state index in [1.165, 1.54) is 12.1 Å². The Morgan fingerprint density at radius 1 is 1.61 bits per heavy atom. The molecular weight excluding hydrogens is 235 g/mol. The van der Waals surface area contributed by atoms with Crippen molar-refractivity contribution in [3.05, 3.63) is 30.1 Å². The third-order valence-corrected chi connectivity index (χ3v) is 2.88. The number of benzene rings is 1. The Bertz CT molecular complexity index is 425. The molecule has 98 valence electrons. The molecule has 1 fully saturated rings. The highest BCUT2D eigenvalue weighted by Gasteiger charge is 2.20. The molecule has 18 heavy (non-hydrogen) atoms. The number of nitrogens with one attached hydrogen (secondary N) is 1. The minimum absolute atomic E-state index is 0.0455. The molecule has 1 aliphatic heterocycles. The van der Waals surface area contributed by atoms with Crippen LogP contribution in [0.15, 0.2) is 24.3 Å². The van der Waals surface area contributed by atoms with Crippen LogP contribution in [0, 0.1) is 5.82 Å². The van der Waals surface area contributed by atoms with Gasteiger partial charge in [-0.2, -0.15) is 0 Å². The van der Waals surface area contributed by atoms with Crippen LogP contribution < -0.4 is 10.1 Å². The fraction of sp³-hybridized carbons (Fsp3) is 0.462. The number of hydrogen-bond donors (Lipinski definition) is 1. The molecule has 1 heterocycles. The van der Waals surface area contributed by atoms with Crippen LogP contribution in [0.2, 0.25) is 0 Å². The molecule has 0 aliphatic carbocycles. The summed E-state index contributed by atoms with van der Waals surface area (Å²) in [6.45, 7) is 4.16. The van der Waals surface area contributed by atoms with Gasteiger partial charge in [0, 0.05) is 31.7 Å². The molecule has 1 aromatic rings. The zero-order valence-electron chi connectivity index (χ0n) is 10.4. The first-order valence-electron chi connectivity index (χ1n) is 6.04. The van der Waals surface area contributed by atoms with Crippen molar-refractivity contribution in [3.63, 3.8) is 0 Å². The summed E-state index contributed by atoms with van der Waals surface area (Å²) in [5.41, 5.74) is 0. The fourth-order valence-electron chi connectivity index (χ4n) is 1.95. The zero-order valence-corrected chi connectivity index (χ0v) is 10.4. The summed E-state index contributed by atoms with van der Waals surface area (Å²) in [6.07, 6.45) is 0. The maximum Gasteiger partial charge on any atom is 0.260 e. The molecule has 1 amide bonds. The van der Waals surface area contributed by atoms with Gasteiger partial charge >= 0.3 is 0 Å². The van der Waals surface area contributed by atoms with Crippen molar-refractivity contribution in [2.45, 2.75) is 13.0 Å². The molecular formula is C13H17FN2O2. The number of piperazine rings is 1. The minimum Gasteiger partial charge on any atom is -0.484 e. The third-order valence-electron chi connectivity index (χ3n) is 2.88. The molecule has 1 N–H and O–H groups in total. The van der Waals surface area contributed by atoms with E-state index in [-0.39, 0.29) is 18.3 Å². The van der Waals surface area contributed by atoms with Crippen LogP contribution in [0.4, 0.5) is 4.39 Å². The van der Waals surface area contributed by atoms with E-state index in [1.807, 2.05) is 6.92 Å². The number of hydrogen-bond acceptors (Lipinski definition) is 3. The first-order valence-corrected chi connectivity index (χ1v) is 6.04. The summed E-state index contributed by atoms with van der Waals surface area (Å²) in [5.74, 6) is -0.0464. The monoisotopic (exact) mass is 252 g/mol. The SMILES string of the molecule is C[C@@H]1CN(C(=O)COc2cccc(F)c2)CCN1. The summed E-state index contributed by atoms with van der Waals surface area (Å²) in [6, 6.07) is 6.11. The Kier molecular flexibility index (Phi) is 4.15. The summed E-state index contributed by atoms with van der Waals surface area (Å²) in [7, 11) is 0. The van der Waals surface area contributed by atoms with Crippen LogP contribution in [-0.4, -0.2) is 43.1 Å². The normalized spacial score (nSPS) is 19.7. The molecule has 0 radical (unpaired) electrons. The van der Waals surface area contributed by atoms with Gasteiger partial charge < -0.3 is 15.0 Å². The van der Waals surface area contributed by atoms with Gasteiger partial charge in [-0.15, -0.1) is 0 Å². The minimum atomic E-state index is -0.365. The summed E-state index contributed by atoms with van der Waals surface area (Å²) < 4.78 is 18.2. The van der Waals surface area contributed by atoms with Crippen molar-refractivity contribution < 1.29 is 13.9 Å². The second kappa shape index (κ2) is 5.82. The van der Waals surface area contributed by atoms with Crippen LogP contribution in [-0.2, 0) is 4.79 Å². The Balaban J connectivity index is 1.84. The standard InChI is InChI=1S/C13H17FN2O2/c1-10-8-16(6-5-15-10)13(17)9-18-12-4-2-3-11(14)7-12/h2-4,7,10,15H,5-6,8-9H2,1H3/t10-/m1/s1. The highest BCUT2D eigenvalue weighted by atomic mass is 19.1. The topological polar surface area (TPSA) is 41.6 Å². The van der Waals surface area contributed by atoms with Gasteiger partial charge in [-0.3, -0.25) is 4.79 Å². The van der Waals surface area contributed by atoms with E-state index < -0.39 is 0 Å². The van der Waals surface area contributed by atoms with Crippen molar-refractivity contribution in [2.24, 2.45) is 0 Å². The molecule has 0 aromatic heterocycles. The van der Waals surface area contributed by atoms with Gasteiger partial charge in [0.05, 0.1) is 0 Å². The maximum absolute atomic E-state index is 12.9. The van der Waals surface area contributed by atoms with Crippen molar-refractivity contribution in [1.82, 2.24) is 10.2 Å². The number of halogens is 1. The lowest BCUT2D eigenvalue weighted by molar-refractivity contribution is -0.134. The third kappa shape index (κ3) is 3.43. The molecule has 1 aliphatic rings. The van der Waals surface area contributed by atoms with E-state index in [4.69, 9.17) is 4.74 Å². The van der Waals surface area contributed by atoms with E-state index >= 15 is 0 Å². The lowest BCUT2D eigenvalue weighted by Gasteiger charge is -2.31. The second-order valence-corrected chi connectivity index (χ2v) is 4.44. The largest absolute Gasteiger partial charge is 0.484 e. The van der Waals surface area contributed by atoms with E-state index in [2.05, 4.69) is 5.32 Å². The van der Waals surface area contributed by atoms with Crippen molar-refractivity contribution in [1.29, 1.82) is 0 Å². The number of ether oxygens (including phenoxy) is 1. The van der Waals surface area contributed by atoms with Crippen LogP contribution in [0.3, 0.4) is 0 Å². The molecule has 1 atom stereocenters. The van der Waals surface area contributed by atoms with Gasteiger partial charge in [-0.05, 0) is 19.1 Å². The van der Waals surface area contributed by atoms with Crippen LogP contribution in [0.1, 0.15) is 6.92 Å². The Labute approximate surface area is 106 Å². The quantitative estimate of drug-likeness (QED) is 0.873. The number of nitrogens with zero attached hydrogens (tertiary/aromatic N) is 1. The Morgan fingerprint density at radius 3 is 3.17 bits per heavy atom. The van der Waals surface area contributed by atoms with Crippen LogP contribution in [0.25, 0.3) is 0 Å². The number of carbonyl (C=O) groups is 1. The van der Waals surface area contributed by atoms with E-state index in [9.17, 15) is 9.18 Å². The highest BCUT2D eigenvalue weighted by molar-refractivity contribution is 5.78. The fourth-order valence-corrected chi connectivity index (χ4v) is 1.95. The van der Waals surface area contributed by atoms with Crippen molar-refractivity contribution in [3.8, 4) is 5.75 Å². The van der Waals surface area contributed by atoms with Crippen molar-refractivity contribution >= 4 is 5.91 Å². The summed E-state index contributed by atoms with van der Waals surface area (Å²) in [4.78, 5) is 13.6. The second-order valence-electron chi connectivity index (χ2n) is 4.44. The Morgan fingerprint density at radius 2 is 2.44 bits per heavy atom. The lowest BCUT2D eigenvalue weighted by atomic mass is 10.2. The smallest absolute Gasteiger partial charge is 0.260 e. The molecule has 0 saturated carbocycles. The van der Waals surface area contributed by atoms with E-state index in [0.717, 1.165) is 6.54 Å². The molecule has 4 nitrogen and oxygen atoms in total. The first kappa shape index (κ1) is 12.8. The molecule has 2 rings (SSSR count). The maximum atomic E-state index is 12.9. The van der Waals surface area contributed by atoms with Gasteiger partial charge in [0.15, 0.2) is 6.61 Å². The molecule has 0 unspecified atom stereocenters. The van der Waals surface area contributed by atoms with Gasteiger partial charge in [0.25, 0.3) is 5.91 Å². The molecule has 1 aromatic carbocycles. The lowest BCUT2D eigenvalue weighted by Crippen LogP contribution is -2.52. The Hall–Kier alpha value is -1.62. The van der Waals surface area contributed by atoms with Crippen LogP contribution >= 0.6 is 0 Å². The molecule has 0 spiro atoms. The van der Waals surface area contributed by atoms with E-state index in [1.54, 1.807) is 17.0 Å². The predicted molar refractivity (Wildman–Crippen MR) is 65.9 cm³/mol. The molecule has 1 saturated heterocycles.